The van der Waals surface area contributed by atoms with Crippen LogP contribution in [0.5, 0.6) is 0 Å². The number of aromatic nitrogens is 2. The highest BCUT2D eigenvalue weighted by atomic mass is 19.1. The average molecular weight is 265 g/mol. The molecule has 2 N–H and O–H groups in total. The molecule has 1 amide bonds. The van der Waals surface area contributed by atoms with E-state index in [0.29, 0.717) is 0 Å². The van der Waals surface area contributed by atoms with Crippen LogP contribution in [0, 0.1) is 11.6 Å². The third-order valence-electron chi connectivity index (χ3n) is 2.52. The minimum Gasteiger partial charge on any atom is -0.364 e. The summed E-state index contributed by atoms with van der Waals surface area (Å²) < 4.78 is 27.8. The molecule has 98 valence electrons. The number of hydrogen-bond donors (Lipinski definition) is 1. The fraction of sp³-hybridized carbons (Fsp3) is 0.0833. The molecule has 0 fully saturated rings. The van der Waals surface area contributed by atoms with Gasteiger partial charge in [0.1, 0.15) is 17.3 Å². The molecule has 0 bridgehead atoms. The largest absolute Gasteiger partial charge is 0.364 e. The standard InChI is InChI=1S/C12H9F2N3O2/c13-8-2-1-3-9(14)7(8)5-17-6-16-10(12(15)19)4-11(17)18/h1-4,6H,5H2,(H2,15,19). The summed E-state index contributed by atoms with van der Waals surface area (Å²) in [7, 11) is 0. The zero-order valence-electron chi connectivity index (χ0n) is 9.64. The Bertz CT molecular complexity index is 677. The summed E-state index contributed by atoms with van der Waals surface area (Å²) in [6, 6.07) is 4.33. The van der Waals surface area contributed by atoms with E-state index in [4.69, 9.17) is 5.73 Å². The van der Waals surface area contributed by atoms with E-state index in [2.05, 4.69) is 4.98 Å². The molecule has 2 rings (SSSR count). The quantitative estimate of drug-likeness (QED) is 0.885. The van der Waals surface area contributed by atoms with Crippen LogP contribution in [-0.2, 0) is 6.54 Å². The maximum absolute atomic E-state index is 13.4. The molecule has 0 unspecified atom stereocenters. The normalized spacial score (nSPS) is 10.4. The first kappa shape index (κ1) is 12.9. The molecule has 19 heavy (non-hydrogen) atoms. The van der Waals surface area contributed by atoms with Crippen molar-refractivity contribution in [2.45, 2.75) is 6.54 Å². The molecule has 1 heterocycles. The van der Waals surface area contributed by atoms with Crippen molar-refractivity contribution in [1.82, 2.24) is 9.55 Å². The third kappa shape index (κ3) is 2.65. The molecule has 0 atom stereocenters. The smallest absolute Gasteiger partial charge is 0.267 e. The average Bonchev–Trinajstić information content (AvgIpc) is 2.35. The lowest BCUT2D eigenvalue weighted by molar-refractivity contribution is 0.0995. The highest BCUT2D eigenvalue weighted by Gasteiger charge is 2.11. The summed E-state index contributed by atoms with van der Waals surface area (Å²) in [5, 5.41) is 0. The summed E-state index contributed by atoms with van der Waals surface area (Å²) in [4.78, 5) is 26.1. The molecule has 0 saturated carbocycles. The molecule has 0 aliphatic heterocycles. The van der Waals surface area contributed by atoms with Crippen molar-refractivity contribution in [3.8, 4) is 0 Å². The van der Waals surface area contributed by atoms with Gasteiger partial charge in [0, 0.05) is 11.6 Å². The Hall–Kier alpha value is -2.57. The minimum absolute atomic E-state index is 0.199. The van der Waals surface area contributed by atoms with E-state index >= 15 is 0 Å². The zero-order valence-corrected chi connectivity index (χ0v) is 9.64. The number of nitrogens with zero attached hydrogens (tertiary/aromatic N) is 2. The Labute approximate surface area is 106 Å². The Morgan fingerprint density at radius 1 is 1.32 bits per heavy atom. The van der Waals surface area contributed by atoms with Crippen LogP contribution < -0.4 is 11.3 Å². The minimum atomic E-state index is -0.846. The number of nitrogens with two attached hydrogens (primary N) is 1. The molecule has 1 aromatic heterocycles. The van der Waals surface area contributed by atoms with E-state index in [1.54, 1.807) is 0 Å². The van der Waals surface area contributed by atoms with Crippen molar-refractivity contribution in [3.63, 3.8) is 0 Å². The fourth-order valence-electron chi connectivity index (χ4n) is 1.53. The molecule has 1 aromatic carbocycles. The first-order valence-electron chi connectivity index (χ1n) is 5.28. The first-order chi connectivity index (χ1) is 8.99. The van der Waals surface area contributed by atoms with E-state index in [-0.39, 0.29) is 17.8 Å². The Kier molecular flexibility index (Phi) is 3.37. The van der Waals surface area contributed by atoms with Crippen molar-refractivity contribution >= 4 is 5.91 Å². The van der Waals surface area contributed by atoms with Gasteiger partial charge in [0.25, 0.3) is 11.5 Å². The lowest BCUT2D eigenvalue weighted by Crippen LogP contribution is -2.25. The maximum Gasteiger partial charge on any atom is 0.267 e. The molecule has 2 aromatic rings. The van der Waals surface area contributed by atoms with Crippen LogP contribution in [0.2, 0.25) is 0 Å². The van der Waals surface area contributed by atoms with Crippen LogP contribution >= 0.6 is 0 Å². The van der Waals surface area contributed by atoms with Crippen molar-refractivity contribution in [3.05, 3.63) is 63.8 Å². The van der Waals surface area contributed by atoms with Gasteiger partial charge in [-0.05, 0) is 12.1 Å². The van der Waals surface area contributed by atoms with Gasteiger partial charge in [-0.2, -0.15) is 0 Å². The van der Waals surface area contributed by atoms with Gasteiger partial charge >= 0.3 is 0 Å². The molecule has 0 aliphatic rings. The zero-order chi connectivity index (χ0) is 14.0. The second kappa shape index (κ2) is 4.97. The summed E-state index contributed by atoms with van der Waals surface area (Å²) in [6.45, 7) is -0.316. The molecular weight excluding hydrogens is 256 g/mol. The summed E-state index contributed by atoms with van der Waals surface area (Å²) in [5.41, 5.74) is 3.89. The first-order valence-corrected chi connectivity index (χ1v) is 5.28. The molecule has 0 radical (unpaired) electrons. The molecular formula is C12H9F2N3O2. The van der Waals surface area contributed by atoms with E-state index < -0.39 is 23.1 Å². The second-order valence-electron chi connectivity index (χ2n) is 3.80. The third-order valence-corrected chi connectivity index (χ3v) is 2.52. The Morgan fingerprint density at radius 2 is 1.95 bits per heavy atom. The Morgan fingerprint density at radius 3 is 2.47 bits per heavy atom. The van der Waals surface area contributed by atoms with Crippen molar-refractivity contribution in [2.24, 2.45) is 5.73 Å². The molecule has 7 heteroatoms. The number of halogens is 2. The van der Waals surface area contributed by atoms with Crippen molar-refractivity contribution < 1.29 is 13.6 Å². The highest BCUT2D eigenvalue weighted by molar-refractivity contribution is 5.90. The predicted octanol–water partition coefficient (Wildman–Crippen LogP) is 0.669. The lowest BCUT2D eigenvalue weighted by Gasteiger charge is -2.07. The van der Waals surface area contributed by atoms with Crippen LogP contribution in [0.25, 0.3) is 0 Å². The Balaban J connectivity index is 2.40. The molecule has 0 spiro atoms. The van der Waals surface area contributed by atoms with Gasteiger partial charge in [0.15, 0.2) is 0 Å². The van der Waals surface area contributed by atoms with Gasteiger partial charge in [-0.1, -0.05) is 6.07 Å². The topological polar surface area (TPSA) is 78.0 Å². The van der Waals surface area contributed by atoms with E-state index in [1.807, 2.05) is 0 Å². The summed E-state index contributed by atoms with van der Waals surface area (Å²) >= 11 is 0. The molecule has 0 aliphatic carbocycles. The van der Waals surface area contributed by atoms with Gasteiger partial charge in [-0.3, -0.25) is 14.2 Å². The molecule has 0 saturated heterocycles. The number of amides is 1. The van der Waals surface area contributed by atoms with Crippen LogP contribution in [0.4, 0.5) is 8.78 Å². The van der Waals surface area contributed by atoms with E-state index in [0.717, 1.165) is 29.1 Å². The molecule has 5 nitrogen and oxygen atoms in total. The number of hydrogen-bond acceptors (Lipinski definition) is 3. The predicted molar refractivity (Wildman–Crippen MR) is 62.5 cm³/mol. The number of benzene rings is 1. The van der Waals surface area contributed by atoms with Gasteiger partial charge < -0.3 is 5.73 Å². The van der Waals surface area contributed by atoms with Crippen LogP contribution in [0.1, 0.15) is 16.1 Å². The lowest BCUT2D eigenvalue weighted by atomic mass is 10.2. The van der Waals surface area contributed by atoms with Gasteiger partial charge in [0.2, 0.25) is 0 Å². The highest BCUT2D eigenvalue weighted by Crippen LogP contribution is 2.12. The van der Waals surface area contributed by atoms with E-state index in [9.17, 15) is 18.4 Å². The summed E-state index contributed by atoms with van der Waals surface area (Å²) in [6.07, 6.45) is 1.02. The van der Waals surface area contributed by atoms with Crippen molar-refractivity contribution in [2.75, 3.05) is 0 Å². The SMILES string of the molecule is NC(=O)c1cc(=O)n(Cc2c(F)cccc2F)cn1. The van der Waals surface area contributed by atoms with Gasteiger partial charge in [-0.25, -0.2) is 13.8 Å². The fourth-order valence-corrected chi connectivity index (χ4v) is 1.53. The van der Waals surface area contributed by atoms with Crippen LogP contribution in [-0.4, -0.2) is 15.5 Å². The number of rotatable bonds is 3. The monoisotopic (exact) mass is 265 g/mol. The number of carbonyl (C=O) groups is 1. The second-order valence-corrected chi connectivity index (χ2v) is 3.80. The number of primary amides is 1. The number of carbonyl (C=O) groups excluding carboxylic acids is 1. The van der Waals surface area contributed by atoms with Crippen LogP contribution in [0.15, 0.2) is 35.4 Å². The summed E-state index contributed by atoms with van der Waals surface area (Å²) in [5.74, 6) is -2.36. The van der Waals surface area contributed by atoms with Gasteiger partial charge in [0.05, 0.1) is 12.9 Å². The van der Waals surface area contributed by atoms with Crippen molar-refractivity contribution in [1.29, 1.82) is 0 Å². The van der Waals surface area contributed by atoms with E-state index in [1.165, 1.54) is 6.07 Å². The van der Waals surface area contributed by atoms with Crippen LogP contribution in [0.3, 0.4) is 0 Å². The van der Waals surface area contributed by atoms with Gasteiger partial charge in [-0.15, -0.1) is 0 Å². The maximum atomic E-state index is 13.4.